The lowest BCUT2D eigenvalue weighted by molar-refractivity contribution is 0.0525. The molecule has 0 amide bonds. The van der Waals surface area contributed by atoms with Gasteiger partial charge in [-0.05, 0) is 58.8 Å². The van der Waals surface area contributed by atoms with Crippen LogP contribution in [0.15, 0.2) is 115 Å². The molecule has 0 bridgehead atoms. The highest BCUT2D eigenvalue weighted by Crippen LogP contribution is 2.31. The van der Waals surface area contributed by atoms with Gasteiger partial charge in [-0.3, -0.25) is 9.62 Å². The topological polar surface area (TPSA) is 108 Å². The van der Waals surface area contributed by atoms with Gasteiger partial charge in [0.25, 0.3) is 0 Å². The van der Waals surface area contributed by atoms with Gasteiger partial charge in [-0.25, -0.2) is 8.42 Å². The molecule has 0 fully saturated rings. The molecule has 1 unspecified atom stereocenters. The Bertz CT molecular complexity index is 1770. The normalized spacial score (nSPS) is 12.3. The predicted molar refractivity (Wildman–Crippen MR) is 173 cm³/mol. The molecule has 0 aliphatic rings. The van der Waals surface area contributed by atoms with Gasteiger partial charge in [0.2, 0.25) is 10.0 Å². The lowest BCUT2D eigenvalue weighted by atomic mass is 10.1. The number of aliphatic hydroxyl groups excluding tert-OH is 2. The van der Waals surface area contributed by atoms with Crippen LogP contribution in [0.4, 0.5) is 5.69 Å². The Labute approximate surface area is 258 Å². The van der Waals surface area contributed by atoms with E-state index in [1.807, 2.05) is 84.9 Å². The zero-order valence-corrected chi connectivity index (χ0v) is 25.3. The smallest absolute Gasteiger partial charge is 0.229 e. The van der Waals surface area contributed by atoms with Gasteiger partial charge >= 0.3 is 0 Å². The Kier molecular flexibility index (Phi) is 10.1. The van der Waals surface area contributed by atoms with Crippen molar-refractivity contribution in [2.45, 2.75) is 19.1 Å². The van der Waals surface area contributed by atoms with Crippen molar-refractivity contribution < 1.29 is 28.1 Å². The maximum Gasteiger partial charge on any atom is 0.229 e. The third-order valence-electron chi connectivity index (χ3n) is 7.17. The number of hydrogen-bond donors (Lipinski definition) is 3. The van der Waals surface area contributed by atoms with Crippen molar-refractivity contribution in [2.75, 3.05) is 30.8 Å². The summed E-state index contributed by atoms with van der Waals surface area (Å²) < 4.78 is 38.6. The minimum atomic E-state index is -3.59. The van der Waals surface area contributed by atoms with Crippen LogP contribution in [0.2, 0.25) is 0 Å². The maximum atomic E-state index is 12.0. The van der Waals surface area contributed by atoms with Crippen LogP contribution in [-0.2, 0) is 23.1 Å². The van der Waals surface area contributed by atoms with Gasteiger partial charge in [0.05, 0.1) is 24.8 Å². The van der Waals surface area contributed by atoms with Crippen LogP contribution in [0.1, 0.15) is 22.8 Å². The minimum absolute atomic E-state index is 0.154. The fourth-order valence-corrected chi connectivity index (χ4v) is 5.45. The number of anilines is 1. The Balaban J connectivity index is 1.19. The largest absolute Gasteiger partial charge is 0.487 e. The van der Waals surface area contributed by atoms with E-state index in [0.717, 1.165) is 39.7 Å². The van der Waals surface area contributed by atoms with E-state index < -0.39 is 16.1 Å². The van der Waals surface area contributed by atoms with Gasteiger partial charge < -0.3 is 19.7 Å². The Hall–Kier alpha value is -4.41. The number of nitrogens with one attached hydrogen (secondary N) is 1. The first-order valence-corrected chi connectivity index (χ1v) is 16.2. The maximum absolute atomic E-state index is 12.0. The van der Waals surface area contributed by atoms with Gasteiger partial charge in [0.15, 0.2) is 0 Å². The van der Waals surface area contributed by atoms with Gasteiger partial charge in [-0.1, -0.05) is 84.9 Å². The lowest BCUT2D eigenvalue weighted by Gasteiger charge is -2.24. The van der Waals surface area contributed by atoms with Crippen molar-refractivity contribution in [1.29, 1.82) is 0 Å². The number of nitrogens with zero attached hydrogens (tertiary/aromatic N) is 1. The second kappa shape index (κ2) is 14.4. The lowest BCUT2D eigenvalue weighted by Crippen LogP contribution is -2.31. The van der Waals surface area contributed by atoms with E-state index in [2.05, 4.69) is 16.9 Å². The van der Waals surface area contributed by atoms with Gasteiger partial charge in [-0.15, -0.1) is 0 Å². The van der Waals surface area contributed by atoms with Gasteiger partial charge in [0, 0.05) is 18.5 Å². The van der Waals surface area contributed by atoms with Gasteiger partial charge in [-0.2, -0.15) is 0 Å². The van der Waals surface area contributed by atoms with Gasteiger partial charge in [0.1, 0.15) is 23.9 Å². The number of sulfonamides is 1. The third kappa shape index (κ3) is 8.58. The van der Waals surface area contributed by atoms with Crippen LogP contribution in [-0.4, -0.2) is 49.6 Å². The monoisotopic (exact) mass is 612 g/mol. The standard InChI is InChI=1S/C35H36N2O6S/c1-44(40,41)36-32-22-29(16-19-35(32)42-24-27-8-3-2-4-9-27)33(39)23-37(25-38)21-20-26-14-17-30(18-15-26)43-34-13-7-11-28-10-5-6-12-31(28)34/h2-19,22,33,36,38-39H,20-21,23-25H2,1H3. The summed E-state index contributed by atoms with van der Waals surface area (Å²) in [5.74, 6) is 1.87. The molecule has 1 atom stereocenters. The Morgan fingerprint density at radius 1 is 0.818 bits per heavy atom. The first kappa shape index (κ1) is 31.0. The molecule has 0 saturated carbocycles. The van der Waals surface area contributed by atoms with Crippen molar-refractivity contribution in [1.82, 2.24) is 4.90 Å². The van der Waals surface area contributed by atoms with Crippen molar-refractivity contribution in [3.05, 3.63) is 132 Å². The fourth-order valence-electron chi connectivity index (χ4n) is 4.89. The van der Waals surface area contributed by atoms with E-state index in [4.69, 9.17) is 9.47 Å². The van der Waals surface area contributed by atoms with Crippen LogP contribution < -0.4 is 14.2 Å². The summed E-state index contributed by atoms with van der Waals surface area (Å²) in [5.41, 5.74) is 2.73. The average molecular weight is 613 g/mol. The number of aliphatic hydroxyl groups is 2. The number of hydrogen-bond acceptors (Lipinski definition) is 7. The SMILES string of the molecule is CS(=O)(=O)Nc1cc(C(O)CN(CO)CCc2ccc(Oc3cccc4ccccc34)cc2)ccc1OCc1ccccc1. The number of ether oxygens (including phenoxy) is 2. The molecule has 9 heteroatoms. The van der Waals surface area contributed by atoms with Crippen LogP contribution in [0.5, 0.6) is 17.2 Å². The molecule has 0 aliphatic heterocycles. The molecule has 0 radical (unpaired) electrons. The van der Waals surface area contributed by atoms with Crippen LogP contribution in [0.25, 0.3) is 10.8 Å². The summed E-state index contributed by atoms with van der Waals surface area (Å²) in [5, 5.41) is 23.2. The molecule has 0 spiro atoms. The highest BCUT2D eigenvalue weighted by atomic mass is 32.2. The number of benzene rings is 5. The molecular weight excluding hydrogens is 576 g/mol. The molecule has 5 aromatic carbocycles. The third-order valence-corrected chi connectivity index (χ3v) is 7.76. The summed E-state index contributed by atoms with van der Waals surface area (Å²) >= 11 is 0. The molecule has 0 aromatic heterocycles. The molecule has 44 heavy (non-hydrogen) atoms. The quantitative estimate of drug-likeness (QED) is 0.130. The van der Waals surface area contributed by atoms with E-state index in [1.165, 1.54) is 0 Å². The van der Waals surface area contributed by atoms with Crippen molar-refractivity contribution in [3.63, 3.8) is 0 Å². The Morgan fingerprint density at radius 3 is 2.30 bits per heavy atom. The van der Waals surface area contributed by atoms with Crippen molar-refractivity contribution in [3.8, 4) is 17.2 Å². The highest BCUT2D eigenvalue weighted by molar-refractivity contribution is 7.92. The molecule has 8 nitrogen and oxygen atoms in total. The van der Waals surface area contributed by atoms with Crippen molar-refractivity contribution in [2.24, 2.45) is 0 Å². The fraction of sp³-hybridized carbons (Fsp3) is 0.200. The van der Waals surface area contributed by atoms with Crippen LogP contribution >= 0.6 is 0 Å². The van der Waals surface area contributed by atoms with Crippen molar-refractivity contribution >= 4 is 26.5 Å². The van der Waals surface area contributed by atoms with Crippen LogP contribution in [0, 0.1) is 0 Å². The summed E-state index contributed by atoms with van der Waals surface area (Å²) in [7, 11) is -3.59. The number of rotatable bonds is 14. The first-order chi connectivity index (χ1) is 21.3. The number of fused-ring (bicyclic) bond motifs is 1. The summed E-state index contributed by atoms with van der Waals surface area (Å²) in [6.45, 7) is 0.674. The predicted octanol–water partition coefficient (Wildman–Crippen LogP) is 6.11. The zero-order chi connectivity index (χ0) is 30.9. The van der Waals surface area contributed by atoms with E-state index in [0.29, 0.717) is 24.3 Å². The molecular formula is C35H36N2O6S. The molecule has 3 N–H and O–H groups in total. The second-order valence-corrected chi connectivity index (χ2v) is 12.4. The van der Waals surface area contributed by atoms with Crippen LogP contribution in [0.3, 0.4) is 0 Å². The molecule has 5 aromatic rings. The zero-order valence-electron chi connectivity index (χ0n) is 24.5. The first-order valence-electron chi connectivity index (χ1n) is 14.3. The van der Waals surface area contributed by atoms with E-state index in [-0.39, 0.29) is 25.6 Å². The molecule has 5 rings (SSSR count). The summed E-state index contributed by atoms with van der Waals surface area (Å²) in [4.78, 5) is 1.73. The molecule has 0 aliphatic carbocycles. The highest BCUT2D eigenvalue weighted by Gasteiger charge is 2.17. The molecule has 0 saturated heterocycles. The minimum Gasteiger partial charge on any atom is -0.487 e. The molecule has 228 valence electrons. The molecule has 0 heterocycles. The summed E-state index contributed by atoms with van der Waals surface area (Å²) in [6, 6.07) is 36.3. The second-order valence-electron chi connectivity index (χ2n) is 10.6. The average Bonchev–Trinajstić information content (AvgIpc) is 3.03. The van der Waals surface area contributed by atoms with E-state index in [1.54, 1.807) is 23.1 Å². The van der Waals surface area contributed by atoms with E-state index >= 15 is 0 Å². The van der Waals surface area contributed by atoms with E-state index in [9.17, 15) is 18.6 Å². The Morgan fingerprint density at radius 2 is 1.55 bits per heavy atom. The summed E-state index contributed by atoms with van der Waals surface area (Å²) in [6.07, 6.45) is 0.740.